The number of thiazole rings is 1. The average molecular weight is 478 g/mol. The molecule has 2 aromatic heterocycles. The lowest BCUT2D eigenvalue weighted by Crippen LogP contribution is -2.25. The lowest BCUT2D eigenvalue weighted by atomic mass is 10.1. The number of methoxy groups -OCH3 is 2. The summed E-state index contributed by atoms with van der Waals surface area (Å²) < 4.78 is 17.8. The van der Waals surface area contributed by atoms with E-state index in [1.807, 2.05) is 23.6 Å². The Labute approximate surface area is 192 Å². The molecule has 1 amide bonds. The van der Waals surface area contributed by atoms with Crippen LogP contribution in [0.3, 0.4) is 0 Å². The molecular weight excluding hydrogens is 454 g/mol. The normalized spacial score (nSPS) is 15.6. The highest BCUT2D eigenvalue weighted by Crippen LogP contribution is 2.35. The van der Waals surface area contributed by atoms with Crippen molar-refractivity contribution in [2.45, 2.75) is 30.6 Å². The van der Waals surface area contributed by atoms with Crippen molar-refractivity contribution < 1.29 is 19.0 Å². The summed E-state index contributed by atoms with van der Waals surface area (Å²) in [5, 5.41) is 12.0. The number of hydrogen-bond acceptors (Lipinski definition) is 9. The summed E-state index contributed by atoms with van der Waals surface area (Å²) in [7, 11) is 3.18. The standard InChI is InChI=1S/C20H23N5O5S2/c1-28-12-5-6-16(29-2)14(8-12)15-10-31-18(21-15)22-17(26)11-32-20-24-23-19(27)25(20)9-13-4-3-7-30-13/h5-6,8,10,13H,3-4,7,9,11H2,1-2H3,(H,23,27)(H,21,22,26). The molecule has 3 heterocycles. The number of benzene rings is 1. The number of hydrogen-bond donors (Lipinski definition) is 2. The summed E-state index contributed by atoms with van der Waals surface area (Å²) in [6.45, 7) is 1.14. The molecule has 2 N–H and O–H groups in total. The van der Waals surface area contributed by atoms with E-state index >= 15 is 0 Å². The largest absolute Gasteiger partial charge is 0.497 e. The molecule has 4 rings (SSSR count). The van der Waals surface area contributed by atoms with E-state index in [1.54, 1.807) is 14.2 Å². The number of carbonyl (C=O) groups excluding carboxylic acids is 1. The van der Waals surface area contributed by atoms with Crippen LogP contribution in [0, 0.1) is 0 Å². The van der Waals surface area contributed by atoms with Gasteiger partial charge in [0, 0.05) is 17.6 Å². The molecule has 10 nitrogen and oxygen atoms in total. The first kappa shape index (κ1) is 22.4. The van der Waals surface area contributed by atoms with Crippen molar-refractivity contribution in [2.24, 2.45) is 0 Å². The molecule has 0 spiro atoms. The average Bonchev–Trinajstić information content (AvgIpc) is 3.55. The Kier molecular flexibility index (Phi) is 7.12. The van der Waals surface area contributed by atoms with Gasteiger partial charge in [-0.1, -0.05) is 11.8 Å². The molecule has 1 unspecified atom stereocenters. The van der Waals surface area contributed by atoms with E-state index < -0.39 is 0 Å². The molecule has 1 aromatic carbocycles. The molecule has 1 saturated heterocycles. The van der Waals surface area contributed by atoms with Gasteiger partial charge in [0.05, 0.1) is 38.3 Å². The summed E-state index contributed by atoms with van der Waals surface area (Å²) >= 11 is 2.50. The lowest BCUT2D eigenvalue weighted by Gasteiger charge is -2.10. The Bertz CT molecular complexity index is 1140. The second kappa shape index (κ2) is 10.2. The number of rotatable bonds is 9. The van der Waals surface area contributed by atoms with Crippen molar-refractivity contribution in [2.75, 3.05) is 31.9 Å². The zero-order valence-corrected chi connectivity index (χ0v) is 19.3. The predicted molar refractivity (Wildman–Crippen MR) is 122 cm³/mol. The first-order chi connectivity index (χ1) is 15.6. The molecule has 3 aromatic rings. The Morgan fingerprint density at radius 3 is 3.03 bits per heavy atom. The van der Waals surface area contributed by atoms with Crippen LogP contribution in [0.15, 0.2) is 33.5 Å². The Morgan fingerprint density at radius 2 is 2.28 bits per heavy atom. The fourth-order valence-corrected chi connectivity index (χ4v) is 4.80. The number of carbonyl (C=O) groups is 1. The molecule has 0 bridgehead atoms. The number of amides is 1. The van der Waals surface area contributed by atoms with Crippen LogP contribution in [0.25, 0.3) is 11.3 Å². The fourth-order valence-electron chi connectivity index (χ4n) is 3.32. The highest BCUT2D eigenvalue weighted by atomic mass is 32.2. The van der Waals surface area contributed by atoms with E-state index in [-0.39, 0.29) is 23.5 Å². The first-order valence-corrected chi connectivity index (χ1v) is 11.8. The first-order valence-electron chi connectivity index (χ1n) is 9.94. The van der Waals surface area contributed by atoms with Crippen LogP contribution in [0.1, 0.15) is 12.8 Å². The van der Waals surface area contributed by atoms with Gasteiger partial charge < -0.3 is 19.5 Å². The van der Waals surface area contributed by atoms with Crippen LogP contribution in [-0.2, 0) is 16.1 Å². The number of aromatic amines is 1. The molecule has 170 valence electrons. The van der Waals surface area contributed by atoms with Gasteiger partial charge in [0.1, 0.15) is 11.5 Å². The molecular formula is C20H23N5O5S2. The van der Waals surface area contributed by atoms with Crippen LogP contribution < -0.4 is 20.5 Å². The van der Waals surface area contributed by atoms with E-state index in [9.17, 15) is 9.59 Å². The number of H-pyrrole nitrogens is 1. The minimum absolute atomic E-state index is 0.000758. The van der Waals surface area contributed by atoms with Crippen molar-refractivity contribution in [3.63, 3.8) is 0 Å². The van der Waals surface area contributed by atoms with E-state index in [4.69, 9.17) is 14.2 Å². The smallest absolute Gasteiger partial charge is 0.344 e. The lowest BCUT2D eigenvalue weighted by molar-refractivity contribution is -0.113. The predicted octanol–water partition coefficient (Wildman–Crippen LogP) is 2.62. The third kappa shape index (κ3) is 5.14. The van der Waals surface area contributed by atoms with Crippen molar-refractivity contribution >= 4 is 34.1 Å². The van der Waals surface area contributed by atoms with E-state index in [0.29, 0.717) is 40.6 Å². The Morgan fingerprint density at radius 1 is 1.41 bits per heavy atom. The second-order valence-corrected chi connectivity index (χ2v) is 8.80. The van der Waals surface area contributed by atoms with Gasteiger partial charge in [-0.05, 0) is 31.0 Å². The van der Waals surface area contributed by atoms with Gasteiger partial charge in [-0.15, -0.1) is 16.4 Å². The van der Waals surface area contributed by atoms with E-state index in [1.165, 1.54) is 27.7 Å². The highest BCUT2D eigenvalue weighted by molar-refractivity contribution is 7.99. The molecule has 1 atom stereocenters. The summed E-state index contributed by atoms with van der Waals surface area (Å²) in [5.74, 6) is 1.19. The number of thioether (sulfide) groups is 1. The third-order valence-electron chi connectivity index (χ3n) is 4.90. The molecule has 0 radical (unpaired) electrons. The topological polar surface area (TPSA) is 120 Å². The SMILES string of the molecule is COc1ccc(OC)c(-c2csc(NC(=O)CSc3n[nH]c(=O)n3CC3CCCO3)n2)c1. The Balaban J connectivity index is 1.38. The van der Waals surface area contributed by atoms with Crippen molar-refractivity contribution in [1.82, 2.24) is 19.7 Å². The summed E-state index contributed by atoms with van der Waals surface area (Å²) in [6, 6.07) is 5.45. The Hall–Kier alpha value is -2.83. The van der Waals surface area contributed by atoms with Gasteiger partial charge in [-0.2, -0.15) is 0 Å². The van der Waals surface area contributed by atoms with E-state index in [0.717, 1.165) is 18.4 Å². The zero-order chi connectivity index (χ0) is 22.5. The summed E-state index contributed by atoms with van der Waals surface area (Å²) in [4.78, 5) is 29.0. The number of ether oxygens (including phenoxy) is 3. The third-order valence-corrected chi connectivity index (χ3v) is 6.63. The van der Waals surface area contributed by atoms with E-state index in [2.05, 4.69) is 20.5 Å². The maximum absolute atomic E-state index is 12.5. The van der Waals surface area contributed by atoms with Gasteiger partial charge in [0.2, 0.25) is 5.91 Å². The van der Waals surface area contributed by atoms with Crippen LogP contribution in [0.2, 0.25) is 0 Å². The zero-order valence-electron chi connectivity index (χ0n) is 17.6. The van der Waals surface area contributed by atoms with Crippen LogP contribution >= 0.6 is 23.1 Å². The minimum atomic E-state index is -0.305. The van der Waals surface area contributed by atoms with Crippen molar-refractivity contribution in [1.29, 1.82) is 0 Å². The van der Waals surface area contributed by atoms with Crippen LogP contribution in [0.4, 0.5) is 5.13 Å². The highest BCUT2D eigenvalue weighted by Gasteiger charge is 2.20. The summed E-state index contributed by atoms with van der Waals surface area (Å²) in [6.07, 6.45) is 1.90. The number of aromatic nitrogens is 4. The number of anilines is 1. The van der Waals surface area contributed by atoms with Gasteiger partial charge in [0.25, 0.3) is 0 Å². The van der Waals surface area contributed by atoms with Gasteiger partial charge in [-0.25, -0.2) is 14.9 Å². The number of nitrogens with zero attached hydrogens (tertiary/aromatic N) is 3. The molecule has 32 heavy (non-hydrogen) atoms. The maximum atomic E-state index is 12.5. The minimum Gasteiger partial charge on any atom is -0.497 e. The maximum Gasteiger partial charge on any atom is 0.344 e. The monoisotopic (exact) mass is 477 g/mol. The fraction of sp³-hybridized carbons (Fsp3) is 0.400. The van der Waals surface area contributed by atoms with Gasteiger partial charge in [-0.3, -0.25) is 9.36 Å². The second-order valence-electron chi connectivity index (χ2n) is 7.00. The van der Waals surface area contributed by atoms with Gasteiger partial charge in [0.15, 0.2) is 10.3 Å². The summed E-state index contributed by atoms with van der Waals surface area (Å²) in [5.41, 5.74) is 1.14. The molecule has 0 saturated carbocycles. The van der Waals surface area contributed by atoms with Crippen molar-refractivity contribution in [3.8, 4) is 22.8 Å². The molecule has 1 aliphatic rings. The van der Waals surface area contributed by atoms with Crippen molar-refractivity contribution in [3.05, 3.63) is 34.1 Å². The quantitative estimate of drug-likeness (QED) is 0.451. The van der Waals surface area contributed by atoms with Crippen LogP contribution in [-0.4, -0.2) is 58.3 Å². The molecule has 1 fully saturated rings. The molecule has 12 heteroatoms. The number of nitrogens with one attached hydrogen (secondary N) is 2. The molecule has 1 aliphatic heterocycles. The van der Waals surface area contributed by atoms with Crippen LogP contribution in [0.5, 0.6) is 11.5 Å². The van der Waals surface area contributed by atoms with Gasteiger partial charge >= 0.3 is 5.69 Å². The molecule has 0 aliphatic carbocycles.